The third kappa shape index (κ3) is 5.92. The summed E-state index contributed by atoms with van der Waals surface area (Å²) in [5, 5.41) is 26.5. The first-order valence-electron chi connectivity index (χ1n) is 8.81. The summed E-state index contributed by atoms with van der Waals surface area (Å²) in [5.74, 6) is -1.53. The van der Waals surface area contributed by atoms with E-state index in [4.69, 9.17) is 4.74 Å². The molecule has 1 amide bonds. The number of carbonyl (C=O) groups is 2. The Hall–Kier alpha value is -3.71. The van der Waals surface area contributed by atoms with E-state index in [1.54, 1.807) is 5.38 Å². The number of amides is 1. The second-order valence-electron chi connectivity index (χ2n) is 6.26. The first kappa shape index (κ1) is 23.0. The van der Waals surface area contributed by atoms with Gasteiger partial charge in [-0.05, 0) is 18.2 Å². The number of halogens is 1. The fraction of sp³-hybridized carbons (Fsp3) is 0.105. The number of nitro benzene ring substituents is 2. The fourth-order valence-electron chi connectivity index (χ4n) is 2.60. The van der Waals surface area contributed by atoms with E-state index in [0.29, 0.717) is 10.8 Å². The summed E-state index contributed by atoms with van der Waals surface area (Å²) < 4.78 is 5.75. The van der Waals surface area contributed by atoms with Gasteiger partial charge in [-0.15, -0.1) is 11.3 Å². The summed E-state index contributed by atoms with van der Waals surface area (Å²) in [6.45, 7) is -0.620. The quantitative estimate of drug-likeness (QED) is 0.264. The number of anilines is 1. The average molecular weight is 521 g/mol. The number of non-ortho nitro benzene ring substituents is 1. The number of esters is 1. The Morgan fingerprint density at radius 2 is 1.91 bits per heavy atom. The number of hydrogen-bond acceptors (Lipinski definition) is 9. The van der Waals surface area contributed by atoms with Gasteiger partial charge in [0.25, 0.3) is 17.3 Å². The molecule has 0 radical (unpaired) electrons. The van der Waals surface area contributed by atoms with Gasteiger partial charge in [0, 0.05) is 27.0 Å². The molecule has 1 heterocycles. The Morgan fingerprint density at radius 3 is 2.59 bits per heavy atom. The average Bonchev–Trinajstić information content (AvgIpc) is 3.20. The topological polar surface area (TPSA) is 155 Å². The number of nitrogens with one attached hydrogen (secondary N) is 1. The van der Waals surface area contributed by atoms with Crippen molar-refractivity contribution in [3.8, 4) is 11.3 Å². The minimum absolute atomic E-state index is 0.0652. The summed E-state index contributed by atoms with van der Waals surface area (Å²) in [7, 11) is 0. The van der Waals surface area contributed by atoms with Crippen LogP contribution in [0.3, 0.4) is 0 Å². The fourth-order valence-corrected chi connectivity index (χ4v) is 3.74. The Bertz CT molecular complexity index is 1210. The maximum absolute atomic E-state index is 12.1. The van der Waals surface area contributed by atoms with Crippen molar-refractivity contribution in [1.29, 1.82) is 0 Å². The normalized spacial score (nSPS) is 10.4. The van der Waals surface area contributed by atoms with E-state index < -0.39 is 46.1 Å². The number of rotatable bonds is 8. The van der Waals surface area contributed by atoms with Crippen LogP contribution in [0.15, 0.2) is 52.3 Å². The van der Waals surface area contributed by atoms with E-state index in [1.165, 1.54) is 11.3 Å². The molecule has 1 N–H and O–H groups in total. The van der Waals surface area contributed by atoms with Crippen LogP contribution in [0.1, 0.15) is 5.56 Å². The monoisotopic (exact) mass is 520 g/mol. The van der Waals surface area contributed by atoms with Crippen LogP contribution in [0, 0.1) is 20.2 Å². The zero-order chi connectivity index (χ0) is 23.3. The van der Waals surface area contributed by atoms with Crippen LogP contribution in [-0.2, 0) is 20.7 Å². The van der Waals surface area contributed by atoms with E-state index in [9.17, 15) is 29.8 Å². The molecule has 0 bridgehead atoms. The smallest absolute Gasteiger partial charge is 0.311 e. The highest BCUT2D eigenvalue weighted by molar-refractivity contribution is 9.10. The molecule has 11 nitrogen and oxygen atoms in total. The molecule has 3 aromatic rings. The van der Waals surface area contributed by atoms with Crippen molar-refractivity contribution in [3.63, 3.8) is 0 Å². The van der Waals surface area contributed by atoms with Crippen molar-refractivity contribution in [2.75, 3.05) is 11.9 Å². The van der Waals surface area contributed by atoms with Crippen LogP contribution in [0.4, 0.5) is 16.5 Å². The number of nitrogens with zero attached hydrogens (tertiary/aromatic N) is 3. The zero-order valence-electron chi connectivity index (χ0n) is 16.0. The molecule has 1 aromatic heterocycles. The predicted molar refractivity (Wildman–Crippen MR) is 118 cm³/mol. The molecule has 0 aliphatic heterocycles. The molecule has 0 spiro atoms. The van der Waals surface area contributed by atoms with Gasteiger partial charge in [0.15, 0.2) is 11.7 Å². The summed E-state index contributed by atoms with van der Waals surface area (Å²) in [6.07, 6.45) is -0.522. The van der Waals surface area contributed by atoms with Gasteiger partial charge in [-0.25, -0.2) is 4.98 Å². The van der Waals surface area contributed by atoms with Crippen molar-refractivity contribution >= 4 is 55.6 Å². The third-order valence-corrected chi connectivity index (χ3v) is 5.30. The SMILES string of the molecule is O=C(COC(=O)Cc1ccc([N+](=O)[O-])cc1[N+](=O)[O-])Nc1nc(-c2cccc(Br)c2)cs1. The number of hydrogen-bond donors (Lipinski definition) is 1. The molecule has 0 saturated carbocycles. The highest BCUT2D eigenvalue weighted by Gasteiger charge is 2.22. The lowest BCUT2D eigenvalue weighted by atomic mass is 10.1. The lowest BCUT2D eigenvalue weighted by Crippen LogP contribution is -2.21. The summed E-state index contributed by atoms with van der Waals surface area (Å²) >= 11 is 4.57. The van der Waals surface area contributed by atoms with Gasteiger partial charge in [0.2, 0.25) is 0 Å². The molecule has 3 rings (SSSR count). The molecule has 0 saturated heterocycles. The van der Waals surface area contributed by atoms with Crippen LogP contribution >= 0.6 is 27.3 Å². The lowest BCUT2D eigenvalue weighted by molar-refractivity contribution is -0.394. The van der Waals surface area contributed by atoms with E-state index in [0.717, 1.165) is 28.2 Å². The van der Waals surface area contributed by atoms with E-state index in [2.05, 4.69) is 26.2 Å². The number of benzene rings is 2. The second kappa shape index (κ2) is 10.1. The van der Waals surface area contributed by atoms with Crippen LogP contribution in [0.5, 0.6) is 0 Å². The van der Waals surface area contributed by atoms with Gasteiger partial charge in [-0.1, -0.05) is 28.1 Å². The Morgan fingerprint density at radius 1 is 1.12 bits per heavy atom. The van der Waals surface area contributed by atoms with Crippen molar-refractivity contribution in [1.82, 2.24) is 4.98 Å². The number of ether oxygens (including phenoxy) is 1. The Balaban J connectivity index is 1.56. The standard InChI is InChI=1S/C19H13BrN4O7S/c20-13-3-1-2-11(6-13)15-10-32-19(21-15)22-17(25)9-31-18(26)7-12-4-5-14(23(27)28)8-16(12)24(29)30/h1-6,8,10H,7,9H2,(H,21,22,25). The highest BCUT2D eigenvalue weighted by atomic mass is 79.9. The maximum atomic E-state index is 12.1. The summed E-state index contributed by atoms with van der Waals surface area (Å²) in [4.78, 5) is 48.7. The first-order valence-corrected chi connectivity index (χ1v) is 10.5. The Labute approximate surface area is 192 Å². The first-order chi connectivity index (χ1) is 15.2. The molecule has 13 heteroatoms. The van der Waals surface area contributed by atoms with Crippen molar-refractivity contribution < 1.29 is 24.2 Å². The van der Waals surface area contributed by atoms with E-state index in [1.807, 2.05) is 24.3 Å². The number of thiazole rings is 1. The molecular weight excluding hydrogens is 508 g/mol. The minimum Gasteiger partial charge on any atom is -0.455 e. The molecule has 164 valence electrons. The molecule has 0 aliphatic carbocycles. The lowest BCUT2D eigenvalue weighted by Gasteiger charge is -2.05. The van der Waals surface area contributed by atoms with Crippen molar-refractivity contribution in [2.45, 2.75) is 6.42 Å². The number of aromatic nitrogens is 1. The predicted octanol–water partition coefficient (Wildman–Crippen LogP) is 4.11. The van der Waals surface area contributed by atoms with Crippen LogP contribution in [-0.4, -0.2) is 33.3 Å². The van der Waals surface area contributed by atoms with Gasteiger partial charge in [0.1, 0.15) is 0 Å². The van der Waals surface area contributed by atoms with Gasteiger partial charge in [-0.2, -0.15) is 0 Å². The molecule has 2 aromatic carbocycles. The number of nitro groups is 2. The van der Waals surface area contributed by atoms with E-state index in [-0.39, 0.29) is 5.56 Å². The van der Waals surface area contributed by atoms with Crippen LogP contribution in [0.2, 0.25) is 0 Å². The van der Waals surface area contributed by atoms with Gasteiger partial charge in [-0.3, -0.25) is 35.1 Å². The van der Waals surface area contributed by atoms with E-state index >= 15 is 0 Å². The zero-order valence-corrected chi connectivity index (χ0v) is 18.4. The molecule has 0 aliphatic rings. The van der Waals surface area contributed by atoms with Gasteiger partial charge < -0.3 is 4.74 Å². The van der Waals surface area contributed by atoms with Crippen molar-refractivity contribution in [3.05, 3.63) is 78.1 Å². The molecular formula is C19H13BrN4O7S. The summed E-state index contributed by atoms with van der Waals surface area (Å²) in [6, 6.07) is 10.4. The third-order valence-electron chi connectivity index (χ3n) is 4.05. The molecule has 0 fully saturated rings. The minimum atomic E-state index is -0.897. The van der Waals surface area contributed by atoms with Gasteiger partial charge >= 0.3 is 5.97 Å². The van der Waals surface area contributed by atoms with Crippen LogP contribution in [0.25, 0.3) is 11.3 Å². The molecule has 0 atom stereocenters. The second-order valence-corrected chi connectivity index (χ2v) is 8.03. The highest BCUT2D eigenvalue weighted by Crippen LogP contribution is 2.27. The van der Waals surface area contributed by atoms with Crippen molar-refractivity contribution in [2.24, 2.45) is 0 Å². The summed E-state index contributed by atoms with van der Waals surface area (Å²) in [5.41, 5.74) is 0.397. The molecule has 32 heavy (non-hydrogen) atoms. The molecule has 0 unspecified atom stereocenters. The number of carbonyl (C=O) groups excluding carboxylic acids is 2. The Kier molecular flexibility index (Phi) is 7.22. The van der Waals surface area contributed by atoms with Crippen LogP contribution < -0.4 is 5.32 Å². The maximum Gasteiger partial charge on any atom is 0.311 e. The van der Waals surface area contributed by atoms with Gasteiger partial charge in [0.05, 0.1) is 28.0 Å². The largest absolute Gasteiger partial charge is 0.455 e.